The molecule has 1 aromatic rings. The van der Waals surface area contributed by atoms with E-state index in [0.29, 0.717) is 17.7 Å². The van der Waals surface area contributed by atoms with E-state index in [0.717, 1.165) is 6.08 Å². The summed E-state index contributed by atoms with van der Waals surface area (Å²) >= 11 is 0. The van der Waals surface area contributed by atoms with Crippen LogP contribution in [0.3, 0.4) is 0 Å². The number of carboxylic acid groups (broad SMARTS) is 1. The first-order valence-corrected chi connectivity index (χ1v) is 6.21. The molecular weight excluding hydrogens is 258 g/mol. The highest BCUT2D eigenvalue weighted by Crippen LogP contribution is 2.09. The lowest BCUT2D eigenvalue weighted by atomic mass is 10.1. The summed E-state index contributed by atoms with van der Waals surface area (Å²) in [6.45, 7) is 2.51. The second-order valence-electron chi connectivity index (χ2n) is 4.66. The van der Waals surface area contributed by atoms with Gasteiger partial charge in [0.1, 0.15) is 0 Å². The maximum atomic E-state index is 12.1. The molecule has 0 bridgehead atoms. The second-order valence-corrected chi connectivity index (χ2v) is 4.66. The first kappa shape index (κ1) is 15.8. The molecule has 0 aliphatic heterocycles. The Morgan fingerprint density at radius 1 is 1.50 bits per heavy atom. The summed E-state index contributed by atoms with van der Waals surface area (Å²) in [5.74, 6) is -1.31. The van der Waals surface area contributed by atoms with Gasteiger partial charge >= 0.3 is 5.97 Å². The zero-order valence-corrected chi connectivity index (χ0v) is 11.8. The maximum Gasteiger partial charge on any atom is 0.328 e. The van der Waals surface area contributed by atoms with Crippen molar-refractivity contribution in [3.05, 3.63) is 35.7 Å². The standard InChI is InChI=1S/C14H19N3O3/c1-10(17(2)3)8-16-14(20)12-6-7-15-9-11(12)4-5-13(18)19/h4-7,9-10H,8H2,1-3H3,(H,16,20)(H,18,19). The van der Waals surface area contributed by atoms with Crippen molar-refractivity contribution < 1.29 is 14.7 Å². The summed E-state index contributed by atoms with van der Waals surface area (Å²) in [7, 11) is 3.87. The summed E-state index contributed by atoms with van der Waals surface area (Å²) < 4.78 is 0. The normalized spacial score (nSPS) is 12.6. The fraction of sp³-hybridized carbons (Fsp3) is 0.357. The van der Waals surface area contributed by atoms with Gasteiger partial charge in [-0.1, -0.05) is 0 Å². The number of carboxylic acids is 1. The van der Waals surface area contributed by atoms with Crippen molar-refractivity contribution in [3.8, 4) is 0 Å². The van der Waals surface area contributed by atoms with Crippen molar-refractivity contribution in [1.82, 2.24) is 15.2 Å². The summed E-state index contributed by atoms with van der Waals surface area (Å²) in [5.41, 5.74) is 0.883. The van der Waals surface area contributed by atoms with Gasteiger partial charge in [0.2, 0.25) is 0 Å². The summed E-state index contributed by atoms with van der Waals surface area (Å²) in [5, 5.41) is 11.4. The number of aliphatic carboxylic acids is 1. The molecule has 0 spiro atoms. The number of nitrogens with one attached hydrogen (secondary N) is 1. The van der Waals surface area contributed by atoms with E-state index in [9.17, 15) is 9.59 Å². The van der Waals surface area contributed by atoms with Crippen LogP contribution in [0.2, 0.25) is 0 Å². The molecule has 6 heteroatoms. The van der Waals surface area contributed by atoms with Crippen molar-refractivity contribution in [1.29, 1.82) is 0 Å². The molecule has 0 saturated carbocycles. The number of amides is 1. The van der Waals surface area contributed by atoms with Crippen LogP contribution >= 0.6 is 0 Å². The van der Waals surface area contributed by atoms with Crippen molar-refractivity contribution in [2.75, 3.05) is 20.6 Å². The third kappa shape index (κ3) is 4.81. The maximum absolute atomic E-state index is 12.1. The predicted molar refractivity (Wildman–Crippen MR) is 76.4 cm³/mol. The SMILES string of the molecule is CC(CNC(=O)c1ccncc1C=CC(=O)O)N(C)C. The molecule has 0 aliphatic rings. The molecule has 0 saturated heterocycles. The van der Waals surface area contributed by atoms with Crippen LogP contribution in [-0.4, -0.2) is 53.5 Å². The molecule has 0 radical (unpaired) electrons. The largest absolute Gasteiger partial charge is 0.478 e. The van der Waals surface area contributed by atoms with E-state index >= 15 is 0 Å². The van der Waals surface area contributed by atoms with Crippen molar-refractivity contribution in [2.24, 2.45) is 0 Å². The van der Waals surface area contributed by atoms with Gasteiger partial charge in [0, 0.05) is 42.2 Å². The molecule has 2 N–H and O–H groups in total. The number of carbonyl (C=O) groups is 2. The Balaban J connectivity index is 2.80. The molecule has 0 fully saturated rings. The molecule has 20 heavy (non-hydrogen) atoms. The van der Waals surface area contributed by atoms with Crippen molar-refractivity contribution in [2.45, 2.75) is 13.0 Å². The zero-order valence-electron chi connectivity index (χ0n) is 11.8. The van der Waals surface area contributed by atoms with E-state index in [-0.39, 0.29) is 11.9 Å². The number of rotatable bonds is 6. The lowest BCUT2D eigenvalue weighted by molar-refractivity contribution is -0.131. The monoisotopic (exact) mass is 277 g/mol. The smallest absolute Gasteiger partial charge is 0.328 e. The predicted octanol–water partition coefficient (Wildman–Crippen LogP) is 0.859. The number of hydrogen-bond acceptors (Lipinski definition) is 4. The molecule has 0 aliphatic carbocycles. The summed E-state index contributed by atoms with van der Waals surface area (Å²) in [6, 6.07) is 1.77. The van der Waals surface area contributed by atoms with E-state index in [1.165, 1.54) is 18.5 Å². The van der Waals surface area contributed by atoms with E-state index in [1.807, 2.05) is 25.9 Å². The quantitative estimate of drug-likeness (QED) is 0.754. The molecule has 1 unspecified atom stereocenters. The average Bonchev–Trinajstić information content (AvgIpc) is 2.42. The van der Waals surface area contributed by atoms with E-state index in [1.54, 1.807) is 6.07 Å². The van der Waals surface area contributed by atoms with Crippen LogP contribution < -0.4 is 5.32 Å². The Bertz CT molecular complexity index is 512. The second kappa shape index (κ2) is 7.40. The molecule has 1 rings (SSSR count). The van der Waals surface area contributed by atoms with E-state index in [2.05, 4.69) is 10.3 Å². The van der Waals surface area contributed by atoms with Gasteiger partial charge in [0.05, 0.1) is 0 Å². The molecular formula is C14H19N3O3. The van der Waals surface area contributed by atoms with Gasteiger partial charge in [0.15, 0.2) is 0 Å². The molecule has 1 amide bonds. The number of hydrogen-bond donors (Lipinski definition) is 2. The van der Waals surface area contributed by atoms with Crippen molar-refractivity contribution in [3.63, 3.8) is 0 Å². The highest BCUT2D eigenvalue weighted by Gasteiger charge is 2.12. The van der Waals surface area contributed by atoms with Gasteiger partial charge in [-0.05, 0) is 33.2 Å². The van der Waals surface area contributed by atoms with Gasteiger partial charge in [0.25, 0.3) is 5.91 Å². The zero-order chi connectivity index (χ0) is 15.1. The molecule has 6 nitrogen and oxygen atoms in total. The molecule has 108 valence electrons. The minimum Gasteiger partial charge on any atom is -0.478 e. The molecule has 0 aromatic carbocycles. The number of likely N-dealkylation sites (N-methyl/N-ethyl adjacent to an activating group) is 1. The fourth-order valence-electron chi connectivity index (χ4n) is 1.43. The third-order valence-corrected chi connectivity index (χ3v) is 2.94. The molecule has 1 aromatic heterocycles. The van der Waals surface area contributed by atoms with Gasteiger partial charge in [-0.15, -0.1) is 0 Å². The van der Waals surface area contributed by atoms with Gasteiger partial charge in [-0.2, -0.15) is 0 Å². The highest BCUT2D eigenvalue weighted by molar-refractivity contribution is 5.98. The Morgan fingerprint density at radius 2 is 2.20 bits per heavy atom. The Hall–Kier alpha value is -2.21. The van der Waals surface area contributed by atoms with Crippen LogP contribution in [0, 0.1) is 0 Å². The van der Waals surface area contributed by atoms with Gasteiger partial charge < -0.3 is 15.3 Å². The Labute approximate surface area is 118 Å². The van der Waals surface area contributed by atoms with Crippen LogP contribution in [-0.2, 0) is 4.79 Å². The van der Waals surface area contributed by atoms with Gasteiger partial charge in [-0.3, -0.25) is 9.78 Å². The van der Waals surface area contributed by atoms with E-state index < -0.39 is 5.97 Å². The van der Waals surface area contributed by atoms with E-state index in [4.69, 9.17) is 5.11 Å². The lowest BCUT2D eigenvalue weighted by Crippen LogP contribution is -2.38. The third-order valence-electron chi connectivity index (χ3n) is 2.94. The fourth-order valence-corrected chi connectivity index (χ4v) is 1.43. The first-order valence-electron chi connectivity index (χ1n) is 6.21. The van der Waals surface area contributed by atoms with Crippen molar-refractivity contribution >= 4 is 18.0 Å². The Morgan fingerprint density at radius 3 is 2.80 bits per heavy atom. The average molecular weight is 277 g/mol. The van der Waals surface area contributed by atoms with Crippen LogP contribution in [0.4, 0.5) is 0 Å². The minimum atomic E-state index is -1.07. The summed E-state index contributed by atoms with van der Waals surface area (Å²) in [6.07, 6.45) is 5.31. The van der Waals surface area contributed by atoms with Crippen LogP contribution in [0.1, 0.15) is 22.8 Å². The van der Waals surface area contributed by atoms with Crippen LogP contribution in [0.5, 0.6) is 0 Å². The summed E-state index contributed by atoms with van der Waals surface area (Å²) in [4.78, 5) is 28.5. The lowest BCUT2D eigenvalue weighted by Gasteiger charge is -2.20. The minimum absolute atomic E-state index is 0.207. The molecule has 1 atom stereocenters. The number of pyridine rings is 1. The van der Waals surface area contributed by atoms with Gasteiger partial charge in [-0.25, -0.2) is 4.79 Å². The first-order chi connectivity index (χ1) is 9.41. The number of aromatic nitrogens is 1. The topological polar surface area (TPSA) is 82.5 Å². The highest BCUT2D eigenvalue weighted by atomic mass is 16.4. The number of nitrogens with zero attached hydrogens (tertiary/aromatic N) is 2. The van der Waals surface area contributed by atoms with Crippen LogP contribution in [0.15, 0.2) is 24.5 Å². The number of carbonyl (C=O) groups excluding carboxylic acids is 1. The molecule has 1 heterocycles. The Kier molecular flexibility index (Phi) is 5.86. The van der Waals surface area contributed by atoms with Crippen LogP contribution in [0.25, 0.3) is 6.08 Å².